The number of amides is 7. The lowest BCUT2D eigenvalue weighted by Crippen LogP contribution is -2.60. The largest absolute Gasteiger partial charge is 0.445 e. The molecule has 1 heterocycles. The first kappa shape index (κ1) is 102. The van der Waals surface area contributed by atoms with E-state index < -0.39 is 84.1 Å². The Bertz CT molecular complexity index is 2970. The van der Waals surface area contributed by atoms with Crippen LogP contribution >= 0.6 is 0 Å². The van der Waals surface area contributed by atoms with E-state index in [1.54, 1.807) is 69.0 Å². The van der Waals surface area contributed by atoms with Gasteiger partial charge in [0.25, 0.3) is 0 Å². The van der Waals surface area contributed by atoms with Crippen molar-refractivity contribution >= 4 is 47.2 Å². The van der Waals surface area contributed by atoms with Gasteiger partial charge in [0.1, 0.15) is 18.7 Å². The highest BCUT2D eigenvalue weighted by Gasteiger charge is 2.44. The lowest BCUT2D eigenvalue weighted by molar-refractivity contribution is -0.148. The van der Waals surface area contributed by atoms with E-state index in [-0.39, 0.29) is 62.1 Å². The molecular weight excluding hydrogens is 1490 g/mol. The molecule has 1 aliphatic heterocycles. The number of nitrogens with two attached hydrogens (primary N) is 1. The predicted octanol–water partition coefficient (Wildman–Crippen LogP) is 6.17. The van der Waals surface area contributed by atoms with E-state index in [4.69, 9.17) is 87.1 Å². The molecule has 6 N–H and O–H groups in total. The highest BCUT2D eigenvalue weighted by atomic mass is 16.6. The summed E-state index contributed by atoms with van der Waals surface area (Å²) in [7, 11) is 7.79. The van der Waals surface area contributed by atoms with Crippen molar-refractivity contribution in [2.45, 2.75) is 161 Å². The second-order valence-electron chi connectivity index (χ2n) is 28.7. The Kier molecular flexibility index (Phi) is 57.2. The van der Waals surface area contributed by atoms with Gasteiger partial charge >= 0.3 is 6.09 Å². The number of carbonyl (C=O) groups excluding carboxylic acids is 7. The summed E-state index contributed by atoms with van der Waals surface area (Å²) in [5.74, 6) is -3.66. The molecule has 0 spiro atoms. The number of nitrogens with zero attached hydrogens (tertiary/aromatic N) is 6. The number of ether oxygens (including phenoxy) is 16. The molecular formula is C81H139N11O23. The first-order valence-electron chi connectivity index (χ1n) is 40.6. The topological polar surface area (TPSA) is 400 Å². The zero-order valence-corrected chi connectivity index (χ0v) is 70.6. The van der Waals surface area contributed by atoms with E-state index in [0.29, 0.717) is 228 Å². The van der Waals surface area contributed by atoms with E-state index in [1.807, 2.05) is 58.0 Å². The van der Waals surface area contributed by atoms with Crippen molar-refractivity contribution < 1.29 is 109 Å². The molecule has 10 atom stereocenters. The van der Waals surface area contributed by atoms with Crippen LogP contribution in [0.15, 0.2) is 59.7 Å². The quantitative estimate of drug-likeness (QED) is 0.0214. The van der Waals surface area contributed by atoms with Crippen LogP contribution in [0.2, 0.25) is 0 Å². The van der Waals surface area contributed by atoms with Crippen molar-refractivity contribution in [3.05, 3.63) is 76.2 Å². The molecule has 34 heteroatoms. The van der Waals surface area contributed by atoms with Crippen LogP contribution in [-0.2, 0) is 118 Å². The third-order valence-electron chi connectivity index (χ3n) is 19.3. The number of anilines is 1. The van der Waals surface area contributed by atoms with E-state index >= 15 is 0 Å². The molecule has 34 nitrogen and oxygen atoms in total. The van der Waals surface area contributed by atoms with Gasteiger partial charge in [-0.2, -0.15) is 0 Å². The zero-order valence-electron chi connectivity index (χ0n) is 70.6. The number of hydrogen-bond donors (Lipinski definition) is 5. The number of unbranched alkanes of at least 4 members (excludes halogenated alkanes) is 1. The van der Waals surface area contributed by atoms with Gasteiger partial charge < -0.3 is 113 Å². The van der Waals surface area contributed by atoms with Crippen LogP contribution in [0, 0.1) is 23.7 Å². The minimum atomic E-state index is -1.04. The first-order valence-corrected chi connectivity index (χ1v) is 40.6. The summed E-state index contributed by atoms with van der Waals surface area (Å²) in [6, 6.07) is 11.9. The molecule has 1 saturated heterocycles. The summed E-state index contributed by atoms with van der Waals surface area (Å²) in [5.41, 5.74) is 17.4. The molecule has 1 fully saturated rings. The Morgan fingerprint density at radius 2 is 1.09 bits per heavy atom. The molecule has 0 bridgehead atoms. The molecule has 0 aliphatic carbocycles. The highest BCUT2D eigenvalue weighted by molar-refractivity contribution is 5.95. The second-order valence-corrected chi connectivity index (χ2v) is 28.7. The van der Waals surface area contributed by atoms with Crippen molar-refractivity contribution in [3.8, 4) is 0 Å². The van der Waals surface area contributed by atoms with Crippen LogP contribution < -0.4 is 27.0 Å². The summed E-state index contributed by atoms with van der Waals surface area (Å²) in [4.78, 5) is 104. The third-order valence-corrected chi connectivity index (χ3v) is 19.3. The van der Waals surface area contributed by atoms with Gasteiger partial charge in [-0.25, -0.2) is 4.79 Å². The Labute approximate surface area is 682 Å². The second kappa shape index (κ2) is 64.2. The van der Waals surface area contributed by atoms with E-state index in [0.717, 1.165) is 5.56 Å². The standard InChI is InChI=1S/C81H139N11O23/c1-13-62(6)75(70(101-11)57-72(94)92-30-19-23-69(92)76(102-12)63(7)77(95)87-67(58-85-89-83)56-64-20-15-14-16-21-64)90(8)80(98)73(60(2)3)88-79(97)74(61(4)5)91(9)81(99)115-59-65-24-26-66(27-25-65)86-78(96)68(82)22-17-18-29-84-71(93)28-31-103-34-35-105-38-39-107-42-43-109-46-47-111-50-51-113-54-55-114-53-52-112-49-48-110-45-44-108-41-40-106-37-36-104-33-32-100-10/h14-16,20-21,24-27,60-63,67-70,73-76H,13,17-19,22-23,28-59,82H2,1-12H3,(H,84,93)(H,86,96)(H,87,95)(H,88,97)/t62-,63+,67-,68-,69-,70+,73-,74-,75-,76+/m0/s1. The van der Waals surface area contributed by atoms with E-state index in [1.165, 1.54) is 26.2 Å². The lowest BCUT2D eigenvalue weighted by Gasteiger charge is -2.41. The van der Waals surface area contributed by atoms with Crippen molar-refractivity contribution in [2.24, 2.45) is 34.5 Å². The maximum atomic E-state index is 14.8. The van der Waals surface area contributed by atoms with Gasteiger partial charge in [0.05, 0.1) is 208 Å². The van der Waals surface area contributed by atoms with Crippen LogP contribution in [0.5, 0.6) is 0 Å². The molecule has 2 aromatic carbocycles. The Morgan fingerprint density at radius 3 is 1.54 bits per heavy atom. The van der Waals surface area contributed by atoms with Crippen LogP contribution in [-0.4, -0.2) is 325 Å². The molecule has 7 amide bonds. The average molecular weight is 1640 g/mol. The average Bonchev–Trinajstić information content (AvgIpc) is 1.66. The number of likely N-dealkylation sites (N-methyl/N-ethyl adjacent to an activating group) is 2. The van der Waals surface area contributed by atoms with Gasteiger partial charge in [-0.15, -0.1) is 0 Å². The minimum Gasteiger partial charge on any atom is -0.445 e. The normalized spacial score (nSPS) is 15.2. The van der Waals surface area contributed by atoms with Crippen LogP contribution in [0.3, 0.4) is 0 Å². The number of likely N-dealkylation sites (tertiary alicyclic amines) is 1. The Hall–Kier alpha value is -6.80. The summed E-state index contributed by atoms with van der Waals surface area (Å²) in [6.45, 7) is 25.1. The van der Waals surface area contributed by atoms with Gasteiger partial charge in [-0.05, 0) is 85.1 Å². The van der Waals surface area contributed by atoms with Crippen molar-refractivity contribution in [1.82, 2.24) is 30.7 Å². The van der Waals surface area contributed by atoms with Crippen LogP contribution in [0.25, 0.3) is 10.4 Å². The first-order chi connectivity index (χ1) is 55.6. The summed E-state index contributed by atoms with van der Waals surface area (Å²) >= 11 is 0. The van der Waals surface area contributed by atoms with E-state index in [9.17, 15) is 33.6 Å². The molecule has 1 aliphatic rings. The maximum absolute atomic E-state index is 14.8. The van der Waals surface area contributed by atoms with Gasteiger partial charge in [0.15, 0.2) is 0 Å². The molecule has 0 aromatic heterocycles. The van der Waals surface area contributed by atoms with Crippen molar-refractivity contribution in [1.29, 1.82) is 0 Å². The van der Waals surface area contributed by atoms with Gasteiger partial charge in [-0.3, -0.25) is 33.7 Å². The molecule has 115 heavy (non-hydrogen) atoms. The van der Waals surface area contributed by atoms with Crippen molar-refractivity contribution in [2.75, 3.05) is 226 Å². The summed E-state index contributed by atoms with van der Waals surface area (Å²) in [5, 5.41) is 15.4. The monoisotopic (exact) mass is 1630 g/mol. The Balaban J connectivity index is 1.25. The number of nitrogens with one attached hydrogen (secondary N) is 4. The molecule has 0 radical (unpaired) electrons. The molecule has 0 saturated carbocycles. The summed E-state index contributed by atoms with van der Waals surface area (Å²) < 4.78 is 88.6. The summed E-state index contributed by atoms with van der Waals surface area (Å²) in [6.07, 6.45) is 1.88. The van der Waals surface area contributed by atoms with E-state index in [2.05, 4.69) is 31.3 Å². The number of carbonyl (C=O) groups is 7. The smallest absolute Gasteiger partial charge is 0.410 e. The molecule has 3 rings (SSSR count). The minimum absolute atomic E-state index is 0.0528. The highest BCUT2D eigenvalue weighted by Crippen LogP contribution is 2.30. The van der Waals surface area contributed by atoms with Crippen LogP contribution in [0.4, 0.5) is 10.5 Å². The molecule has 2 aromatic rings. The Morgan fingerprint density at radius 1 is 0.591 bits per heavy atom. The van der Waals surface area contributed by atoms with Gasteiger partial charge in [0, 0.05) is 78.1 Å². The third kappa shape index (κ3) is 44.0. The fourth-order valence-electron chi connectivity index (χ4n) is 12.8. The number of rotatable bonds is 70. The van der Waals surface area contributed by atoms with Crippen molar-refractivity contribution in [3.63, 3.8) is 0 Å². The maximum Gasteiger partial charge on any atom is 0.410 e. The fraction of sp³-hybridized carbons (Fsp3) is 0.765. The number of methoxy groups -OCH3 is 3. The van der Waals surface area contributed by atoms with Crippen LogP contribution in [0.1, 0.15) is 111 Å². The SMILES string of the molecule is CC[C@H](C)[C@@H]([C@@H](CC(=O)N1CCC[C@H]1[C@H](OC)[C@@H](C)C(=O)N[C@H](CN=[N+]=[N-])Cc1ccccc1)OC)N(C)C(=O)[C@@H](NC(=O)[C@H](C(C)C)N(C)C(=O)OCc1ccc(NC(=O)[C@@H](N)CCCCNC(=O)CCOCCOCCOCCOCCOCCOCCOCCOCCOCCOCCOCCOCCOC)cc1)C(C)C. The van der Waals surface area contributed by atoms with Gasteiger partial charge in [0.2, 0.25) is 35.4 Å². The molecule has 656 valence electrons. The number of hydrogen-bond acceptors (Lipinski definition) is 25. The number of benzene rings is 2. The zero-order chi connectivity index (χ0) is 84.2. The fourth-order valence-corrected chi connectivity index (χ4v) is 12.8. The lowest BCUT2D eigenvalue weighted by atomic mass is 9.89. The van der Waals surface area contributed by atoms with Gasteiger partial charge in [-0.1, -0.05) is 102 Å². The number of azide groups is 1. The molecule has 0 unspecified atom stereocenters. The predicted molar refractivity (Wildman–Crippen MR) is 432 cm³/mol.